The zero-order valence-electron chi connectivity index (χ0n) is 18.7. The van der Waals surface area contributed by atoms with Gasteiger partial charge in [0.1, 0.15) is 18.3 Å². The highest BCUT2D eigenvalue weighted by atomic mass is 16.5. The zero-order valence-corrected chi connectivity index (χ0v) is 18.7. The van der Waals surface area contributed by atoms with Crippen LogP contribution in [0.5, 0.6) is 5.75 Å². The van der Waals surface area contributed by atoms with Crippen LogP contribution in [0.25, 0.3) is 0 Å². The van der Waals surface area contributed by atoms with Gasteiger partial charge >= 0.3 is 11.9 Å². The van der Waals surface area contributed by atoms with Crippen molar-refractivity contribution in [2.45, 2.75) is 33.3 Å². The Hall–Kier alpha value is -3.54. The van der Waals surface area contributed by atoms with Crippen LogP contribution < -0.4 is 10.1 Å². The van der Waals surface area contributed by atoms with E-state index in [-0.39, 0.29) is 13.2 Å². The van der Waals surface area contributed by atoms with E-state index in [1.54, 1.807) is 20.8 Å². The first-order valence-corrected chi connectivity index (χ1v) is 10.7. The summed E-state index contributed by atoms with van der Waals surface area (Å²) in [5, 5.41) is 3.07. The number of benzene rings is 2. The molecule has 1 aliphatic heterocycles. The molecular weight excluding hydrogens is 406 g/mol. The number of hydrogen-bond donors (Lipinski definition) is 1. The number of allylic oxidation sites excluding steroid dienone is 1. The molecule has 0 saturated carbocycles. The molecule has 0 aromatic heterocycles. The van der Waals surface area contributed by atoms with Crippen molar-refractivity contribution in [2.24, 2.45) is 5.92 Å². The van der Waals surface area contributed by atoms with E-state index < -0.39 is 23.8 Å². The average Bonchev–Trinajstić information content (AvgIpc) is 2.78. The van der Waals surface area contributed by atoms with E-state index in [0.717, 1.165) is 11.1 Å². The van der Waals surface area contributed by atoms with Gasteiger partial charge in [0.25, 0.3) is 0 Å². The van der Waals surface area contributed by atoms with Gasteiger partial charge in [-0.15, -0.1) is 0 Å². The summed E-state index contributed by atoms with van der Waals surface area (Å²) in [5.41, 5.74) is 3.35. The fraction of sp³-hybridized carbons (Fsp3) is 0.308. The molecule has 1 heterocycles. The topological polar surface area (TPSA) is 73.9 Å². The van der Waals surface area contributed by atoms with Crippen LogP contribution in [-0.4, -0.2) is 25.2 Å². The van der Waals surface area contributed by atoms with Gasteiger partial charge in [-0.1, -0.05) is 49.0 Å². The van der Waals surface area contributed by atoms with Crippen LogP contribution >= 0.6 is 0 Å². The molecule has 0 saturated heterocycles. The molecular formula is C26H29NO5. The Morgan fingerprint density at radius 2 is 1.62 bits per heavy atom. The SMILES string of the molecule is C=C1NC(C)=C(C(=O)OCC)C(c2ccc(OCc3ccccc3)cc2)C1C(=O)OCC. The van der Waals surface area contributed by atoms with E-state index in [1.807, 2.05) is 54.6 Å². The fourth-order valence-corrected chi connectivity index (χ4v) is 3.86. The molecule has 0 spiro atoms. The lowest BCUT2D eigenvalue weighted by molar-refractivity contribution is -0.147. The predicted molar refractivity (Wildman–Crippen MR) is 122 cm³/mol. The second kappa shape index (κ2) is 10.7. The van der Waals surface area contributed by atoms with Crippen LogP contribution in [0, 0.1) is 5.92 Å². The maximum Gasteiger partial charge on any atom is 0.336 e. The normalized spacial score (nSPS) is 18.0. The molecule has 0 amide bonds. The Labute approximate surface area is 188 Å². The number of hydrogen-bond acceptors (Lipinski definition) is 6. The van der Waals surface area contributed by atoms with Crippen molar-refractivity contribution in [1.82, 2.24) is 5.32 Å². The molecule has 6 heteroatoms. The standard InChI is InChI=1S/C26H29NO5/c1-5-30-25(28)22-17(3)27-18(4)23(26(29)31-6-2)24(22)20-12-14-21(15-13-20)32-16-19-10-8-7-9-11-19/h7-15,22,24,27H,3,5-6,16H2,1-2,4H3. The number of carbonyl (C=O) groups is 2. The van der Waals surface area contributed by atoms with Gasteiger partial charge in [0.15, 0.2) is 0 Å². The third kappa shape index (κ3) is 5.19. The smallest absolute Gasteiger partial charge is 0.336 e. The Kier molecular flexibility index (Phi) is 7.71. The van der Waals surface area contributed by atoms with Crippen molar-refractivity contribution < 1.29 is 23.8 Å². The second-order valence-electron chi connectivity index (χ2n) is 7.46. The highest BCUT2D eigenvalue weighted by molar-refractivity contribution is 5.94. The Balaban J connectivity index is 1.92. The average molecular weight is 436 g/mol. The van der Waals surface area contributed by atoms with Crippen molar-refractivity contribution >= 4 is 11.9 Å². The molecule has 1 aliphatic rings. The van der Waals surface area contributed by atoms with Gasteiger partial charge in [-0.25, -0.2) is 4.79 Å². The highest BCUT2D eigenvalue weighted by Gasteiger charge is 2.42. The number of rotatable bonds is 8. The van der Waals surface area contributed by atoms with Gasteiger partial charge < -0.3 is 19.5 Å². The Morgan fingerprint density at radius 3 is 2.25 bits per heavy atom. The van der Waals surface area contributed by atoms with E-state index >= 15 is 0 Å². The van der Waals surface area contributed by atoms with Gasteiger partial charge in [-0.2, -0.15) is 0 Å². The summed E-state index contributed by atoms with van der Waals surface area (Å²) in [6, 6.07) is 17.3. The molecule has 2 aromatic rings. The lowest BCUT2D eigenvalue weighted by atomic mass is 9.75. The summed E-state index contributed by atoms with van der Waals surface area (Å²) in [6.07, 6.45) is 0. The van der Waals surface area contributed by atoms with E-state index in [0.29, 0.717) is 29.3 Å². The third-order valence-electron chi connectivity index (χ3n) is 5.30. The zero-order chi connectivity index (χ0) is 23.1. The van der Waals surface area contributed by atoms with Crippen LogP contribution in [0.3, 0.4) is 0 Å². The lowest BCUT2D eigenvalue weighted by Crippen LogP contribution is -2.39. The van der Waals surface area contributed by atoms with E-state index in [1.165, 1.54) is 0 Å². The minimum absolute atomic E-state index is 0.235. The Bertz CT molecular complexity index is 995. The minimum atomic E-state index is -0.755. The number of nitrogens with one attached hydrogen (secondary N) is 1. The van der Waals surface area contributed by atoms with E-state index in [4.69, 9.17) is 14.2 Å². The maximum atomic E-state index is 12.8. The molecule has 32 heavy (non-hydrogen) atoms. The molecule has 0 radical (unpaired) electrons. The predicted octanol–water partition coefficient (Wildman–Crippen LogP) is 4.48. The second-order valence-corrected chi connectivity index (χ2v) is 7.46. The number of carbonyl (C=O) groups excluding carboxylic acids is 2. The molecule has 0 aliphatic carbocycles. The molecule has 0 fully saturated rings. The fourth-order valence-electron chi connectivity index (χ4n) is 3.86. The largest absolute Gasteiger partial charge is 0.489 e. The molecule has 3 rings (SSSR count). The lowest BCUT2D eigenvalue weighted by Gasteiger charge is -2.35. The molecule has 2 atom stereocenters. The van der Waals surface area contributed by atoms with Crippen molar-refractivity contribution in [3.05, 3.63) is 89.3 Å². The van der Waals surface area contributed by atoms with Gasteiger partial charge in [0.2, 0.25) is 0 Å². The van der Waals surface area contributed by atoms with Gasteiger partial charge in [0, 0.05) is 17.3 Å². The highest BCUT2D eigenvalue weighted by Crippen LogP contribution is 2.41. The molecule has 2 aromatic carbocycles. The maximum absolute atomic E-state index is 12.8. The van der Waals surface area contributed by atoms with Gasteiger partial charge in [-0.3, -0.25) is 4.79 Å². The van der Waals surface area contributed by atoms with Crippen molar-refractivity contribution in [1.29, 1.82) is 0 Å². The summed E-state index contributed by atoms with van der Waals surface area (Å²) >= 11 is 0. The third-order valence-corrected chi connectivity index (χ3v) is 5.30. The summed E-state index contributed by atoms with van der Waals surface area (Å²) in [6.45, 7) is 10.2. The van der Waals surface area contributed by atoms with E-state index in [2.05, 4.69) is 11.9 Å². The first kappa shape index (κ1) is 23.1. The summed E-state index contributed by atoms with van der Waals surface area (Å²) in [4.78, 5) is 25.7. The van der Waals surface area contributed by atoms with Crippen LogP contribution in [-0.2, 0) is 25.7 Å². The first-order chi connectivity index (χ1) is 15.5. The molecule has 6 nitrogen and oxygen atoms in total. The monoisotopic (exact) mass is 435 g/mol. The van der Waals surface area contributed by atoms with Gasteiger partial charge in [0.05, 0.1) is 18.8 Å². The van der Waals surface area contributed by atoms with Crippen LogP contribution in [0.4, 0.5) is 0 Å². The van der Waals surface area contributed by atoms with Gasteiger partial charge in [-0.05, 0) is 44.0 Å². The summed E-state index contributed by atoms with van der Waals surface area (Å²) in [5.74, 6) is -1.54. The van der Waals surface area contributed by atoms with Crippen molar-refractivity contribution in [3.8, 4) is 5.75 Å². The Morgan fingerprint density at radius 1 is 0.969 bits per heavy atom. The molecule has 1 N–H and O–H groups in total. The first-order valence-electron chi connectivity index (χ1n) is 10.7. The minimum Gasteiger partial charge on any atom is -0.489 e. The summed E-state index contributed by atoms with van der Waals surface area (Å²) in [7, 11) is 0. The van der Waals surface area contributed by atoms with Crippen LogP contribution in [0.2, 0.25) is 0 Å². The van der Waals surface area contributed by atoms with Crippen LogP contribution in [0.1, 0.15) is 37.8 Å². The van der Waals surface area contributed by atoms with Crippen molar-refractivity contribution in [3.63, 3.8) is 0 Å². The molecule has 2 unspecified atom stereocenters. The quantitative estimate of drug-likeness (QED) is 0.616. The van der Waals surface area contributed by atoms with Crippen molar-refractivity contribution in [2.75, 3.05) is 13.2 Å². The van der Waals surface area contributed by atoms with Crippen LogP contribution in [0.15, 0.2) is 78.1 Å². The molecule has 168 valence electrons. The number of ether oxygens (including phenoxy) is 3. The summed E-state index contributed by atoms with van der Waals surface area (Å²) < 4.78 is 16.5. The molecule has 0 bridgehead atoms. The van der Waals surface area contributed by atoms with E-state index in [9.17, 15) is 9.59 Å². The number of esters is 2.